The molecule has 0 saturated carbocycles. The van der Waals surface area contributed by atoms with Gasteiger partial charge < -0.3 is 0 Å². The normalized spacial score (nSPS) is 10.4. The second-order valence-corrected chi connectivity index (χ2v) is 3.37. The van der Waals surface area contributed by atoms with Crippen LogP contribution in [-0.4, -0.2) is 4.98 Å². The molecule has 0 radical (unpaired) electrons. The maximum atomic E-state index is 12.6. The summed E-state index contributed by atoms with van der Waals surface area (Å²) in [7, 11) is 0. The Hall–Kier alpha value is -0.920. The molecular weight excluding hydrogens is 245 g/mol. The van der Waals surface area contributed by atoms with Crippen LogP contribution in [0, 0.1) is 11.3 Å². The van der Waals surface area contributed by atoms with Crippen molar-refractivity contribution < 1.29 is 8.78 Å². The Balaban J connectivity index is 3.30. The van der Waals surface area contributed by atoms with Gasteiger partial charge in [0.15, 0.2) is 0 Å². The number of alkyl halides is 3. The summed E-state index contributed by atoms with van der Waals surface area (Å²) in [6.45, 7) is 0. The van der Waals surface area contributed by atoms with Gasteiger partial charge >= 0.3 is 0 Å². The summed E-state index contributed by atoms with van der Waals surface area (Å²) in [5, 5.41) is 8.21. The van der Waals surface area contributed by atoms with Crippen molar-refractivity contribution in [3.05, 3.63) is 28.0 Å². The summed E-state index contributed by atoms with van der Waals surface area (Å²) in [6.07, 6.45) is -2.87. The Morgan fingerprint density at radius 2 is 2.20 bits per heavy atom. The Labute approximate surface area is 95.4 Å². The van der Waals surface area contributed by atoms with Crippen molar-refractivity contribution in [2.75, 3.05) is 0 Å². The Morgan fingerprint density at radius 1 is 1.53 bits per heavy atom. The lowest BCUT2D eigenvalue weighted by molar-refractivity contribution is 0.150. The number of rotatable bonds is 3. The number of aromatic nitrogens is 1. The second-order valence-electron chi connectivity index (χ2n) is 2.75. The minimum Gasteiger partial charge on any atom is -0.239 e. The van der Waals surface area contributed by atoms with Crippen LogP contribution in [0.25, 0.3) is 0 Å². The second kappa shape index (κ2) is 5.24. The monoisotopic (exact) mass is 250 g/mol. The topological polar surface area (TPSA) is 36.7 Å². The summed E-state index contributed by atoms with van der Waals surface area (Å²) >= 11 is 11.1. The first-order chi connectivity index (χ1) is 7.10. The maximum absolute atomic E-state index is 12.6. The van der Waals surface area contributed by atoms with Crippen LogP contribution in [0.3, 0.4) is 0 Å². The van der Waals surface area contributed by atoms with Crippen molar-refractivity contribution in [1.29, 1.82) is 5.26 Å². The molecule has 0 fully saturated rings. The van der Waals surface area contributed by atoms with Crippen LogP contribution in [-0.2, 0) is 12.3 Å². The van der Waals surface area contributed by atoms with E-state index in [4.69, 9.17) is 28.5 Å². The predicted molar refractivity (Wildman–Crippen MR) is 53.1 cm³/mol. The van der Waals surface area contributed by atoms with E-state index in [2.05, 4.69) is 4.98 Å². The van der Waals surface area contributed by atoms with Gasteiger partial charge in [0, 0.05) is 0 Å². The van der Waals surface area contributed by atoms with Crippen LogP contribution < -0.4 is 0 Å². The van der Waals surface area contributed by atoms with E-state index < -0.39 is 6.43 Å². The zero-order chi connectivity index (χ0) is 11.4. The van der Waals surface area contributed by atoms with E-state index in [0.29, 0.717) is 5.69 Å². The molecule has 0 saturated heterocycles. The average molecular weight is 251 g/mol. The highest BCUT2D eigenvalue weighted by molar-refractivity contribution is 6.30. The fourth-order valence-electron chi connectivity index (χ4n) is 1.16. The van der Waals surface area contributed by atoms with Crippen LogP contribution in [0.4, 0.5) is 8.78 Å². The van der Waals surface area contributed by atoms with Crippen molar-refractivity contribution in [3.8, 4) is 6.07 Å². The average Bonchev–Trinajstić information content (AvgIpc) is 2.16. The lowest BCUT2D eigenvalue weighted by Gasteiger charge is -2.09. The molecule has 0 unspecified atom stereocenters. The lowest BCUT2D eigenvalue weighted by Crippen LogP contribution is -2.00. The van der Waals surface area contributed by atoms with Gasteiger partial charge in [0.25, 0.3) is 6.43 Å². The predicted octanol–water partition coefficient (Wildman–Crippen LogP) is 3.48. The van der Waals surface area contributed by atoms with Gasteiger partial charge in [-0.2, -0.15) is 5.26 Å². The molecule has 15 heavy (non-hydrogen) atoms. The first-order valence-corrected chi connectivity index (χ1v) is 4.90. The Bertz CT molecular complexity index is 402. The molecule has 0 N–H and O–H groups in total. The Morgan fingerprint density at radius 3 is 2.67 bits per heavy atom. The molecule has 0 bridgehead atoms. The number of hydrogen-bond acceptors (Lipinski definition) is 2. The molecule has 80 valence electrons. The SMILES string of the molecule is N#CCc1cc(CCl)nc(Cl)c1C(F)F. The Kier molecular flexibility index (Phi) is 4.25. The van der Waals surface area contributed by atoms with Crippen LogP contribution in [0.15, 0.2) is 6.07 Å². The molecule has 0 atom stereocenters. The molecule has 0 aliphatic rings. The van der Waals surface area contributed by atoms with Gasteiger partial charge in [0.2, 0.25) is 0 Å². The minimum atomic E-state index is -2.74. The van der Waals surface area contributed by atoms with E-state index in [1.54, 1.807) is 6.07 Å². The van der Waals surface area contributed by atoms with Crippen LogP contribution >= 0.6 is 23.2 Å². The molecule has 2 nitrogen and oxygen atoms in total. The molecule has 1 rings (SSSR count). The standard InChI is InChI=1S/C9H6Cl2F2N2/c10-4-6-3-5(1-2-14)7(9(12)13)8(11)15-6/h3,9H,1,4H2. The third kappa shape index (κ3) is 2.77. The third-order valence-corrected chi connectivity index (χ3v) is 2.34. The van der Waals surface area contributed by atoms with Crippen LogP contribution in [0.1, 0.15) is 23.2 Å². The van der Waals surface area contributed by atoms with E-state index >= 15 is 0 Å². The van der Waals surface area contributed by atoms with E-state index in [-0.39, 0.29) is 28.6 Å². The van der Waals surface area contributed by atoms with Crippen molar-refractivity contribution >= 4 is 23.2 Å². The molecule has 1 aromatic heterocycles. The number of hydrogen-bond donors (Lipinski definition) is 0. The van der Waals surface area contributed by atoms with Crippen molar-refractivity contribution in [1.82, 2.24) is 4.98 Å². The highest BCUT2D eigenvalue weighted by atomic mass is 35.5. The fraction of sp³-hybridized carbons (Fsp3) is 0.333. The summed E-state index contributed by atoms with van der Waals surface area (Å²) in [5.74, 6) is 0.0711. The molecule has 0 amide bonds. The van der Waals surface area contributed by atoms with E-state index in [1.807, 2.05) is 0 Å². The molecule has 0 aliphatic carbocycles. The quantitative estimate of drug-likeness (QED) is 0.609. The first-order valence-electron chi connectivity index (χ1n) is 3.99. The van der Waals surface area contributed by atoms with Gasteiger partial charge in [-0.3, -0.25) is 0 Å². The maximum Gasteiger partial charge on any atom is 0.267 e. The summed E-state index contributed by atoms with van der Waals surface area (Å²) in [6, 6.07) is 3.17. The van der Waals surface area contributed by atoms with Crippen molar-refractivity contribution in [3.63, 3.8) is 0 Å². The number of halogens is 4. The largest absolute Gasteiger partial charge is 0.267 e. The smallest absolute Gasteiger partial charge is 0.239 e. The zero-order valence-electron chi connectivity index (χ0n) is 7.48. The molecular formula is C9H6Cl2F2N2. The fourth-order valence-corrected chi connectivity index (χ4v) is 1.61. The third-order valence-electron chi connectivity index (χ3n) is 1.78. The van der Waals surface area contributed by atoms with E-state index in [1.165, 1.54) is 6.07 Å². The number of nitrogens with zero attached hydrogens (tertiary/aromatic N) is 2. The molecule has 1 aromatic rings. The molecule has 0 spiro atoms. The first kappa shape index (κ1) is 12.2. The number of nitriles is 1. The van der Waals surface area contributed by atoms with Gasteiger partial charge in [0.1, 0.15) is 5.15 Å². The van der Waals surface area contributed by atoms with Gasteiger partial charge in [-0.1, -0.05) is 11.6 Å². The summed E-state index contributed by atoms with van der Waals surface area (Å²) in [5.41, 5.74) is 0.187. The van der Waals surface area contributed by atoms with Gasteiger partial charge in [-0.05, 0) is 11.6 Å². The molecule has 0 aliphatic heterocycles. The van der Waals surface area contributed by atoms with Crippen LogP contribution in [0.5, 0.6) is 0 Å². The minimum absolute atomic E-state index is 0.0711. The summed E-state index contributed by atoms with van der Waals surface area (Å²) < 4.78 is 25.2. The van der Waals surface area contributed by atoms with E-state index in [0.717, 1.165) is 0 Å². The molecule has 1 heterocycles. The highest BCUT2D eigenvalue weighted by Crippen LogP contribution is 2.30. The lowest BCUT2D eigenvalue weighted by atomic mass is 10.1. The van der Waals surface area contributed by atoms with Gasteiger partial charge in [-0.15, -0.1) is 11.6 Å². The molecule has 6 heteroatoms. The van der Waals surface area contributed by atoms with E-state index in [9.17, 15) is 8.78 Å². The van der Waals surface area contributed by atoms with Gasteiger partial charge in [0.05, 0.1) is 29.6 Å². The van der Waals surface area contributed by atoms with Crippen molar-refractivity contribution in [2.45, 2.75) is 18.7 Å². The summed E-state index contributed by atoms with van der Waals surface area (Å²) in [4.78, 5) is 3.70. The molecule has 0 aromatic carbocycles. The zero-order valence-corrected chi connectivity index (χ0v) is 8.99. The van der Waals surface area contributed by atoms with Crippen LogP contribution in [0.2, 0.25) is 5.15 Å². The number of pyridine rings is 1. The highest BCUT2D eigenvalue weighted by Gasteiger charge is 2.19. The van der Waals surface area contributed by atoms with Gasteiger partial charge in [-0.25, -0.2) is 13.8 Å². The van der Waals surface area contributed by atoms with Crippen molar-refractivity contribution in [2.24, 2.45) is 0 Å².